The van der Waals surface area contributed by atoms with Crippen molar-refractivity contribution < 1.29 is 27.1 Å². The molecule has 0 atom stereocenters. The predicted molar refractivity (Wildman–Crippen MR) is 85.5 cm³/mol. The molecule has 0 bridgehead atoms. The average molecular weight is 380 g/mol. The Labute approximate surface area is 150 Å². The van der Waals surface area contributed by atoms with Crippen molar-refractivity contribution >= 4 is 5.97 Å². The maximum atomic E-state index is 13.9. The predicted octanol–water partition coefficient (Wildman–Crippen LogP) is 3.66. The number of aromatic nitrogens is 4. The highest BCUT2D eigenvalue weighted by molar-refractivity contribution is 5.90. The van der Waals surface area contributed by atoms with Crippen molar-refractivity contribution in [3.8, 4) is 17.1 Å². The van der Waals surface area contributed by atoms with Crippen LogP contribution in [0.3, 0.4) is 0 Å². The Bertz CT molecular complexity index is 985. The van der Waals surface area contributed by atoms with Crippen molar-refractivity contribution in [3.63, 3.8) is 0 Å². The first-order chi connectivity index (χ1) is 12.8. The summed E-state index contributed by atoms with van der Waals surface area (Å²) in [5.74, 6) is -2.20. The molecule has 0 spiro atoms. The summed E-state index contributed by atoms with van der Waals surface area (Å²) >= 11 is 0. The van der Waals surface area contributed by atoms with E-state index in [2.05, 4.69) is 19.8 Å². The first-order valence-corrected chi connectivity index (χ1v) is 7.73. The van der Waals surface area contributed by atoms with Crippen LogP contribution >= 0.6 is 0 Å². The van der Waals surface area contributed by atoms with Gasteiger partial charge in [0.2, 0.25) is 5.95 Å². The van der Waals surface area contributed by atoms with E-state index in [4.69, 9.17) is 0 Å². The molecular weight excluding hydrogens is 368 g/mol. The Kier molecular flexibility index (Phi) is 4.89. The van der Waals surface area contributed by atoms with Gasteiger partial charge in [-0.3, -0.25) is 0 Å². The monoisotopic (exact) mass is 380 g/mol. The second-order valence-electron chi connectivity index (χ2n) is 5.26. The molecule has 0 N–H and O–H groups in total. The van der Waals surface area contributed by atoms with Gasteiger partial charge in [0.25, 0.3) is 0 Å². The minimum atomic E-state index is -4.89. The van der Waals surface area contributed by atoms with Crippen LogP contribution in [0.5, 0.6) is 0 Å². The molecule has 0 aromatic carbocycles. The summed E-state index contributed by atoms with van der Waals surface area (Å²) in [6.45, 7) is 1.39. The van der Waals surface area contributed by atoms with Crippen LogP contribution in [0.2, 0.25) is 0 Å². The van der Waals surface area contributed by atoms with Crippen LogP contribution in [0.4, 0.5) is 17.6 Å². The van der Waals surface area contributed by atoms with E-state index >= 15 is 0 Å². The fraction of sp³-hybridized carbons (Fsp3) is 0.176. The lowest BCUT2D eigenvalue weighted by molar-refractivity contribution is -0.143. The van der Waals surface area contributed by atoms with E-state index in [1.165, 1.54) is 43.5 Å². The smallest absolute Gasteiger partial charge is 0.434 e. The topological polar surface area (TPSA) is 69.9 Å². The summed E-state index contributed by atoms with van der Waals surface area (Å²) < 4.78 is 59.6. The molecule has 0 unspecified atom stereocenters. The second kappa shape index (κ2) is 7.14. The number of carbonyl (C=O) groups excluding carboxylic acids is 1. The Morgan fingerprint density at radius 3 is 2.67 bits per heavy atom. The number of pyridine rings is 2. The van der Waals surface area contributed by atoms with Crippen molar-refractivity contribution in [2.45, 2.75) is 13.1 Å². The quantitative estimate of drug-likeness (QED) is 0.393. The molecule has 10 heteroatoms. The standard InChI is InChI=1S/C17H12F4N4O2/c1-2-27-16(26)11-9-23-25(14(11)17(19,20)21)13-7-3-6-12(24-13)10-5-4-8-22-15(10)18/h3-9H,2H2,1H3. The van der Waals surface area contributed by atoms with Crippen LogP contribution in [-0.4, -0.2) is 32.3 Å². The van der Waals surface area contributed by atoms with Crippen molar-refractivity contribution in [3.05, 3.63) is 59.9 Å². The largest absolute Gasteiger partial charge is 0.462 e. The molecule has 3 heterocycles. The van der Waals surface area contributed by atoms with Crippen molar-refractivity contribution in [2.75, 3.05) is 6.61 Å². The van der Waals surface area contributed by atoms with Gasteiger partial charge in [-0.05, 0) is 31.2 Å². The number of nitrogens with zero attached hydrogens (tertiary/aromatic N) is 4. The van der Waals surface area contributed by atoms with Crippen LogP contribution in [0, 0.1) is 5.95 Å². The average Bonchev–Trinajstić information content (AvgIpc) is 3.08. The molecular formula is C17H12F4N4O2. The molecule has 0 aliphatic carbocycles. The number of ether oxygens (including phenoxy) is 1. The maximum absolute atomic E-state index is 13.9. The fourth-order valence-electron chi connectivity index (χ4n) is 2.42. The van der Waals surface area contributed by atoms with Gasteiger partial charge in [-0.15, -0.1) is 0 Å². The zero-order valence-electron chi connectivity index (χ0n) is 13.9. The summed E-state index contributed by atoms with van der Waals surface area (Å²) in [4.78, 5) is 19.4. The molecule has 0 saturated heterocycles. The number of hydrogen-bond donors (Lipinski definition) is 0. The van der Waals surface area contributed by atoms with E-state index in [1.54, 1.807) is 0 Å². The van der Waals surface area contributed by atoms with E-state index in [1.807, 2.05) is 0 Å². The van der Waals surface area contributed by atoms with Crippen LogP contribution in [0.15, 0.2) is 42.7 Å². The lowest BCUT2D eigenvalue weighted by Gasteiger charge is -2.12. The molecule has 0 aliphatic heterocycles. The fourth-order valence-corrected chi connectivity index (χ4v) is 2.42. The third kappa shape index (κ3) is 3.64. The lowest BCUT2D eigenvalue weighted by Crippen LogP contribution is -2.19. The zero-order chi connectivity index (χ0) is 19.6. The molecule has 0 amide bonds. The van der Waals surface area contributed by atoms with Crippen molar-refractivity contribution in [2.24, 2.45) is 0 Å². The summed E-state index contributed by atoms with van der Waals surface area (Å²) in [5, 5.41) is 3.64. The summed E-state index contributed by atoms with van der Waals surface area (Å²) in [7, 11) is 0. The van der Waals surface area contributed by atoms with Gasteiger partial charge < -0.3 is 4.74 Å². The minimum absolute atomic E-state index is 0.0191. The van der Waals surface area contributed by atoms with Crippen LogP contribution < -0.4 is 0 Å². The molecule has 0 saturated carbocycles. The third-order valence-corrected chi connectivity index (χ3v) is 3.52. The number of rotatable bonds is 4. The van der Waals surface area contributed by atoms with Gasteiger partial charge >= 0.3 is 12.1 Å². The van der Waals surface area contributed by atoms with E-state index < -0.39 is 29.4 Å². The van der Waals surface area contributed by atoms with Gasteiger partial charge in [0.15, 0.2) is 11.5 Å². The SMILES string of the molecule is CCOC(=O)c1cnn(-c2cccc(-c3cccnc3F)n2)c1C(F)(F)F. The number of carbonyl (C=O) groups is 1. The molecule has 0 aliphatic rings. The number of alkyl halides is 3. The normalized spacial score (nSPS) is 11.4. The van der Waals surface area contributed by atoms with Crippen LogP contribution in [0.25, 0.3) is 17.1 Å². The van der Waals surface area contributed by atoms with E-state index in [0.29, 0.717) is 4.68 Å². The zero-order valence-corrected chi connectivity index (χ0v) is 13.9. The lowest BCUT2D eigenvalue weighted by atomic mass is 10.2. The first kappa shape index (κ1) is 18.5. The number of hydrogen-bond acceptors (Lipinski definition) is 5. The van der Waals surface area contributed by atoms with E-state index in [0.717, 1.165) is 6.20 Å². The van der Waals surface area contributed by atoms with Gasteiger partial charge in [-0.25, -0.2) is 19.4 Å². The van der Waals surface area contributed by atoms with Gasteiger partial charge in [0.1, 0.15) is 5.56 Å². The van der Waals surface area contributed by atoms with Crippen LogP contribution in [0.1, 0.15) is 23.0 Å². The molecule has 3 aromatic rings. The van der Waals surface area contributed by atoms with Gasteiger partial charge in [-0.1, -0.05) is 6.07 Å². The third-order valence-electron chi connectivity index (χ3n) is 3.52. The Morgan fingerprint density at radius 2 is 2.00 bits per heavy atom. The van der Waals surface area contributed by atoms with Crippen molar-refractivity contribution in [1.82, 2.24) is 19.7 Å². The van der Waals surface area contributed by atoms with Gasteiger partial charge in [-0.2, -0.15) is 22.7 Å². The highest BCUT2D eigenvalue weighted by Crippen LogP contribution is 2.34. The van der Waals surface area contributed by atoms with E-state index in [-0.39, 0.29) is 23.7 Å². The molecule has 140 valence electrons. The Balaban J connectivity index is 2.14. The Hall–Kier alpha value is -3.30. The number of halogens is 4. The Morgan fingerprint density at radius 1 is 1.22 bits per heavy atom. The summed E-state index contributed by atoms with van der Waals surface area (Å²) in [5.41, 5.74) is -1.97. The molecule has 27 heavy (non-hydrogen) atoms. The second-order valence-corrected chi connectivity index (χ2v) is 5.26. The molecule has 6 nitrogen and oxygen atoms in total. The first-order valence-electron chi connectivity index (χ1n) is 7.73. The maximum Gasteiger partial charge on any atom is 0.434 e. The van der Waals surface area contributed by atoms with Gasteiger partial charge in [0.05, 0.1) is 24.1 Å². The van der Waals surface area contributed by atoms with E-state index in [9.17, 15) is 22.4 Å². The van der Waals surface area contributed by atoms with Crippen LogP contribution in [-0.2, 0) is 10.9 Å². The van der Waals surface area contributed by atoms with Crippen molar-refractivity contribution in [1.29, 1.82) is 0 Å². The molecule has 3 aromatic heterocycles. The molecule has 0 fully saturated rings. The molecule has 0 radical (unpaired) electrons. The minimum Gasteiger partial charge on any atom is -0.462 e. The highest BCUT2D eigenvalue weighted by atomic mass is 19.4. The highest BCUT2D eigenvalue weighted by Gasteiger charge is 2.41. The summed E-state index contributed by atoms with van der Waals surface area (Å²) in [6, 6.07) is 6.95. The molecule has 3 rings (SSSR count). The summed E-state index contributed by atoms with van der Waals surface area (Å²) in [6.07, 6.45) is -2.89. The number of esters is 1. The van der Waals surface area contributed by atoms with Gasteiger partial charge in [0, 0.05) is 6.20 Å².